The highest BCUT2D eigenvalue weighted by Crippen LogP contribution is 2.31. The second kappa shape index (κ2) is 7.94. The molecule has 0 aromatic heterocycles. The molecule has 0 aromatic carbocycles. The summed E-state index contributed by atoms with van der Waals surface area (Å²) in [5.41, 5.74) is 12.4. The van der Waals surface area contributed by atoms with E-state index in [0.717, 1.165) is 0 Å². The van der Waals surface area contributed by atoms with Crippen molar-refractivity contribution < 1.29 is 44.7 Å². The van der Waals surface area contributed by atoms with Gasteiger partial charge in [0.1, 0.15) is 18.3 Å². The van der Waals surface area contributed by atoms with Gasteiger partial charge >= 0.3 is 5.97 Å². The van der Waals surface area contributed by atoms with E-state index >= 15 is 0 Å². The molecule has 0 aromatic rings. The van der Waals surface area contributed by atoms with Crippen molar-refractivity contribution in [2.75, 3.05) is 13.2 Å². The van der Waals surface area contributed by atoms with Crippen LogP contribution in [0.15, 0.2) is 0 Å². The van der Waals surface area contributed by atoms with Gasteiger partial charge in [-0.2, -0.15) is 0 Å². The van der Waals surface area contributed by atoms with Crippen molar-refractivity contribution in [3.05, 3.63) is 0 Å². The number of carbonyl (C=O) groups excluding carboxylic acids is 1. The fourth-order valence-electron chi connectivity index (χ4n) is 2.03. The molecule has 10 N–H and O–H groups in total. The number of ether oxygens (including phenoxy) is 1. The number of aliphatic hydroxyl groups is 4. The standard InChI is InChI=1S/C11H21N3O9/c12-2-6(18)14-23-11(10(20)21)1-4(16)7(13)9(22-11)8(19)5(17)3-15/h4-5,7-9,15-17,19H,1-3,12-13H2,(H,14,18)(H,20,21)/t4-,5+,7+,8+,9+,11+/m0/s1. The zero-order valence-corrected chi connectivity index (χ0v) is 12.0. The van der Waals surface area contributed by atoms with E-state index in [4.69, 9.17) is 26.1 Å². The van der Waals surface area contributed by atoms with E-state index < -0.39 is 67.7 Å². The molecule has 134 valence electrons. The van der Waals surface area contributed by atoms with Crippen molar-refractivity contribution in [1.29, 1.82) is 0 Å². The highest BCUT2D eigenvalue weighted by atomic mass is 16.8. The molecule has 1 fully saturated rings. The molecule has 1 rings (SSSR count). The quantitative estimate of drug-likeness (QED) is 0.205. The van der Waals surface area contributed by atoms with E-state index in [1.54, 1.807) is 5.48 Å². The average Bonchev–Trinajstić information content (AvgIpc) is 2.53. The largest absolute Gasteiger partial charge is 0.477 e. The summed E-state index contributed by atoms with van der Waals surface area (Å²) in [6, 6.07) is -1.27. The van der Waals surface area contributed by atoms with Crippen LogP contribution in [0.4, 0.5) is 0 Å². The number of hydrogen-bond donors (Lipinski definition) is 8. The predicted molar refractivity (Wildman–Crippen MR) is 71.2 cm³/mol. The number of carboxylic acid groups (broad SMARTS) is 1. The fraction of sp³-hybridized carbons (Fsp3) is 0.818. The first kappa shape index (κ1) is 19.7. The number of carboxylic acids is 1. The van der Waals surface area contributed by atoms with Gasteiger partial charge in [0.2, 0.25) is 0 Å². The smallest absolute Gasteiger partial charge is 0.366 e. The Kier molecular flexibility index (Phi) is 6.79. The lowest BCUT2D eigenvalue weighted by Gasteiger charge is -2.44. The number of hydrogen-bond acceptors (Lipinski definition) is 10. The Morgan fingerprint density at radius 3 is 2.52 bits per heavy atom. The Morgan fingerprint density at radius 1 is 1.43 bits per heavy atom. The molecule has 1 saturated heterocycles. The molecule has 0 radical (unpaired) electrons. The van der Waals surface area contributed by atoms with Crippen LogP contribution in [0.25, 0.3) is 0 Å². The zero-order chi connectivity index (χ0) is 17.8. The maximum absolute atomic E-state index is 11.5. The third kappa shape index (κ3) is 4.33. The predicted octanol–water partition coefficient (Wildman–Crippen LogP) is -5.03. The molecule has 1 aliphatic rings. The lowest BCUT2D eigenvalue weighted by molar-refractivity contribution is -0.322. The summed E-state index contributed by atoms with van der Waals surface area (Å²) < 4.78 is 5.11. The molecule has 0 aliphatic carbocycles. The van der Waals surface area contributed by atoms with Gasteiger partial charge in [0.05, 0.1) is 25.3 Å². The van der Waals surface area contributed by atoms with Crippen LogP contribution in [0, 0.1) is 0 Å². The van der Waals surface area contributed by atoms with E-state index in [1.165, 1.54) is 0 Å². The second-order valence-electron chi connectivity index (χ2n) is 5.06. The van der Waals surface area contributed by atoms with Crippen molar-refractivity contribution in [3.8, 4) is 0 Å². The van der Waals surface area contributed by atoms with Gasteiger partial charge in [-0.25, -0.2) is 15.1 Å². The zero-order valence-electron chi connectivity index (χ0n) is 12.0. The number of nitrogens with two attached hydrogens (primary N) is 2. The summed E-state index contributed by atoms with van der Waals surface area (Å²) in [4.78, 5) is 27.3. The summed E-state index contributed by atoms with van der Waals surface area (Å²) in [7, 11) is 0. The third-order valence-electron chi connectivity index (χ3n) is 3.39. The summed E-state index contributed by atoms with van der Waals surface area (Å²) in [6.07, 6.45) is -7.25. The average molecular weight is 339 g/mol. The van der Waals surface area contributed by atoms with Crippen LogP contribution in [0.2, 0.25) is 0 Å². The molecule has 1 aliphatic heterocycles. The Bertz CT molecular complexity index is 437. The van der Waals surface area contributed by atoms with Gasteiger partial charge in [0.15, 0.2) is 0 Å². The van der Waals surface area contributed by atoms with E-state index in [1.807, 2.05) is 0 Å². The molecular weight excluding hydrogens is 318 g/mol. The van der Waals surface area contributed by atoms with Crippen molar-refractivity contribution in [2.45, 2.75) is 42.7 Å². The molecule has 1 heterocycles. The lowest BCUT2D eigenvalue weighted by Crippen LogP contribution is -2.67. The van der Waals surface area contributed by atoms with Crippen LogP contribution in [0.3, 0.4) is 0 Å². The summed E-state index contributed by atoms with van der Waals surface area (Å²) in [5, 5.41) is 47.4. The Labute approximate surface area is 130 Å². The Hall–Kier alpha value is -1.38. The number of amides is 1. The minimum atomic E-state index is -2.55. The van der Waals surface area contributed by atoms with Crippen LogP contribution in [-0.4, -0.2) is 86.8 Å². The highest BCUT2D eigenvalue weighted by molar-refractivity contribution is 5.78. The number of hydroxylamine groups is 1. The highest BCUT2D eigenvalue weighted by Gasteiger charge is 2.55. The van der Waals surface area contributed by atoms with Crippen molar-refractivity contribution in [3.63, 3.8) is 0 Å². The number of aliphatic carboxylic acids is 1. The van der Waals surface area contributed by atoms with Crippen LogP contribution >= 0.6 is 0 Å². The molecule has 6 atom stereocenters. The Balaban J connectivity index is 3.02. The Morgan fingerprint density at radius 2 is 2.04 bits per heavy atom. The van der Waals surface area contributed by atoms with E-state index in [2.05, 4.69) is 0 Å². The second-order valence-corrected chi connectivity index (χ2v) is 5.06. The minimum Gasteiger partial charge on any atom is -0.477 e. The molecule has 1 amide bonds. The topological polar surface area (TPSA) is 218 Å². The molecule has 0 spiro atoms. The number of nitrogens with one attached hydrogen (secondary N) is 1. The van der Waals surface area contributed by atoms with E-state index in [9.17, 15) is 30.0 Å². The van der Waals surface area contributed by atoms with Crippen LogP contribution < -0.4 is 16.9 Å². The van der Waals surface area contributed by atoms with Gasteiger partial charge in [-0.3, -0.25) is 4.79 Å². The molecule has 0 bridgehead atoms. The molecule has 12 nitrogen and oxygen atoms in total. The minimum absolute atomic E-state index is 0.493. The van der Waals surface area contributed by atoms with Gasteiger partial charge in [-0.15, -0.1) is 0 Å². The fourth-order valence-corrected chi connectivity index (χ4v) is 2.03. The SMILES string of the molecule is NCC(=O)NO[C@@]1(C(=O)O)C[C@H](O)[C@@H](N)[C@H]([C@H](O)[C@H](O)CO)O1. The van der Waals surface area contributed by atoms with E-state index in [0.29, 0.717) is 0 Å². The summed E-state index contributed by atoms with van der Waals surface area (Å²) >= 11 is 0. The number of carbonyl (C=O) groups is 2. The van der Waals surface area contributed by atoms with Gasteiger partial charge in [0.25, 0.3) is 11.7 Å². The number of rotatable bonds is 7. The molecule has 0 unspecified atom stereocenters. The van der Waals surface area contributed by atoms with Gasteiger partial charge in [-0.1, -0.05) is 0 Å². The molecular formula is C11H21N3O9. The molecule has 0 saturated carbocycles. The third-order valence-corrected chi connectivity index (χ3v) is 3.39. The van der Waals surface area contributed by atoms with Crippen LogP contribution in [-0.2, 0) is 19.2 Å². The van der Waals surface area contributed by atoms with Gasteiger partial charge < -0.3 is 41.7 Å². The molecule has 12 heteroatoms. The first-order chi connectivity index (χ1) is 10.7. The monoisotopic (exact) mass is 339 g/mol. The molecule has 23 heavy (non-hydrogen) atoms. The van der Waals surface area contributed by atoms with Crippen molar-refractivity contribution in [2.24, 2.45) is 11.5 Å². The van der Waals surface area contributed by atoms with E-state index in [-0.39, 0.29) is 0 Å². The first-order valence-electron chi connectivity index (χ1n) is 6.67. The maximum atomic E-state index is 11.5. The maximum Gasteiger partial charge on any atom is 0.366 e. The summed E-state index contributed by atoms with van der Waals surface area (Å²) in [5.74, 6) is -5.12. The van der Waals surface area contributed by atoms with Gasteiger partial charge in [-0.05, 0) is 0 Å². The first-order valence-corrected chi connectivity index (χ1v) is 6.67. The van der Waals surface area contributed by atoms with Crippen molar-refractivity contribution in [1.82, 2.24) is 5.48 Å². The normalized spacial score (nSPS) is 33.7. The van der Waals surface area contributed by atoms with Crippen LogP contribution in [0.1, 0.15) is 6.42 Å². The van der Waals surface area contributed by atoms with Gasteiger partial charge in [0, 0.05) is 6.42 Å². The summed E-state index contributed by atoms with van der Waals surface area (Å²) in [6.45, 7) is -1.35. The number of aliphatic hydroxyl groups excluding tert-OH is 4. The van der Waals surface area contributed by atoms with Crippen molar-refractivity contribution >= 4 is 11.9 Å². The van der Waals surface area contributed by atoms with Crippen LogP contribution in [0.5, 0.6) is 0 Å². The lowest BCUT2D eigenvalue weighted by atomic mass is 9.89.